The molecule has 0 spiro atoms. The van der Waals surface area contributed by atoms with Gasteiger partial charge in [0.1, 0.15) is 0 Å². The van der Waals surface area contributed by atoms with Crippen LogP contribution < -0.4 is 0 Å². The predicted octanol–water partition coefficient (Wildman–Crippen LogP) is 6.44. The Morgan fingerprint density at radius 1 is 0.475 bits per heavy atom. The van der Waals surface area contributed by atoms with Crippen molar-refractivity contribution in [2.75, 3.05) is 13.2 Å². The Morgan fingerprint density at radius 2 is 0.800 bits per heavy atom. The fourth-order valence-corrected chi connectivity index (χ4v) is 3.25. The van der Waals surface area contributed by atoms with Crippen LogP contribution in [-0.4, -0.2) is 37.5 Å². The number of hydrogen-bond acceptors (Lipinski definition) is 12. The first kappa shape index (κ1) is 32.1. The minimum Gasteiger partial charge on any atom is -0.432 e. The maximum atomic E-state index is 11.7. The van der Waals surface area contributed by atoms with Gasteiger partial charge in [-0.1, -0.05) is 73.9 Å². The summed E-state index contributed by atoms with van der Waals surface area (Å²) < 4.78 is 9.67. The molecular formula is C28H34O12. The highest BCUT2D eigenvalue weighted by atomic mass is 17.5. The lowest BCUT2D eigenvalue weighted by Crippen LogP contribution is -2.12. The normalized spacial score (nSPS) is 10.3. The maximum absolute atomic E-state index is 11.7. The Bertz CT molecular complexity index is 964. The molecule has 12 nitrogen and oxygen atoms in total. The molecule has 0 radical (unpaired) electrons. The third-order valence-corrected chi connectivity index (χ3v) is 5.48. The van der Waals surface area contributed by atoms with Gasteiger partial charge >= 0.3 is 24.2 Å². The summed E-state index contributed by atoms with van der Waals surface area (Å²) in [6, 6.07) is 13.2. The molecule has 0 heterocycles. The summed E-state index contributed by atoms with van der Waals surface area (Å²) in [5.74, 6) is -1.60. The van der Waals surface area contributed by atoms with E-state index < -0.39 is 24.2 Å². The van der Waals surface area contributed by atoms with E-state index in [4.69, 9.17) is 9.47 Å². The van der Waals surface area contributed by atoms with Gasteiger partial charge in [0.2, 0.25) is 0 Å². The number of rotatable bonds is 17. The van der Waals surface area contributed by atoms with E-state index in [0.29, 0.717) is 12.8 Å². The lowest BCUT2D eigenvalue weighted by Gasteiger charge is -2.05. The Balaban J connectivity index is 1.33. The van der Waals surface area contributed by atoms with Crippen molar-refractivity contribution in [3.63, 3.8) is 0 Å². The Kier molecular flexibility index (Phi) is 15.2. The zero-order valence-electron chi connectivity index (χ0n) is 22.6. The van der Waals surface area contributed by atoms with Gasteiger partial charge in [0.15, 0.2) is 0 Å². The molecule has 218 valence electrons. The second-order valence-electron chi connectivity index (χ2n) is 8.80. The van der Waals surface area contributed by atoms with Crippen LogP contribution >= 0.6 is 0 Å². The first-order valence-electron chi connectivity index (χ1n) is 12.9. The summed E-state index contributed by atoms with van der Waals surface area (Å²) in [4.78, 5) is 63.5. The summed E-state index contributed by atoms with van der Waals surface area (Å²) in [5, 5.41) is 8.33. The van der Waals surface area contributed by atoms with Gasteiger partial charge in [0.05, 0.1) is 34.4 Å². The minimum atomic E-state index is -1.10. The van der Waals surface area contributed by atoms with Crippen molar-refractivity contribution in [2.24, 2.45) is 0 Å². The molecule has 12 heteroatoms. The molecule has 2 aromatic rings. The van der Waals surface area contributed by atoms with Crippen LogP contribution in [0.5, 0.6) is 0 Å². The van der Waals surface area contributed by atoms with Gasteiger partial charge in [0.25, 0.3) is 0 Å². The standard InChI is InChI=1S/C28H34O12/c1-21-11-15-23(16-12-21)25(29)35-39-37-27(31)33-19-9-7-5-3-4-6-8-10-20-34-28(32)38-40-36-26(30)24-17-13-22(2)14-18-24/h11-18H,3-10,19-20H2,1-2H3. The highest BCUT2D eigenvalue weighted by Crippen LogP contribution is 2.10. The van der Waals surface area contributed by atoms with Crippen LogP contribution in [0.4, 0.5) is 9.59 Å². The quantitative estimate of drug-likeness (QED) is 0.0906. The molecule has 0 aliphatic heterocycles. The zero-order chi connectivity index (χ0) is 29.0. The molecule has 0 fully saturated rings. The monoisotopic (exact) mass is 562 g/mol. The van der Waals surface area contributed by atoms with E-state index in [1.807, 2.05) is 13.8 Å². The number of unbranched alkanes of at least 4 members (excludes halogenated alkanes) is 7. The zero-order valence-corrected chi connectivity index (χ0v) is 22.6. The summed E-state index contributed by atoms with van der Waals surface area (Å²) in [5.41, 5.74) is 2.46. The summed E-state index contributed by atoms with van der Waals surface area (Å²) >= 11 is 0. The lowest BCUT2D eigenvalue weighted by atomic mass is 10.1. The minimum absolute atomic E-state index is 0.149. The van der Waals surface area contributed by atoms with Crippen LogP contribution in [0.25, 0.3) is 0 Å². The highest BCUT2D eigenvalue weighted by Gasteiger charge is 2.13. The number of aryl methyl sites for hydroxylation is 2. The van der Waals surface area contributed by atoms with Crippen LogP contribution in [0.1, 0.15) is 83.2 Å². The molecule has 40 heavy (non-hydrogen) atoms. The number of benzene rings is 2. The van der Waals surface area contributed by atoms with Gasteiger partial charge in [-0.25, -0.2) is 29.0 Å². The van der Waals surface area contributed by atoms with Gasteiger partial charge in [0, 0.05) is 0 Å². The largest absolute Gasteiger partial charge is 0.543 e. The molecule has 0 atom stereocenters. The van der Waals surface area contributed by atoms with Gasteiger partial charge in [-0.15, -0.1) is 0 Å². The molecule has 2 aromatic carbocycles. The van der Waals surface area contributed by atoms with Crippen molar-refractivity contribution < 1.29 is 58.3 Å². The third-order valence-electron chi connectivity index (χ3n) is 5.48. The fourth-order valence-electron chi connectivity index (χ4n) is 3.25. The average Bonchev–Trinajstić information content (AvgIpc) is 2.94. The molecule has 0 aromatic heterocycles. The molecule has 0 aliphatic rings. The first-order valence-corrected chi connectivity index (χ1v) is 12.9. The van der Waals surface area contributed by atoms with Crippen molar-refractivity contribution in [3.8, 4) is 0 Å². The van der Waals surface area contributed by atoms with Crippen LogP contribution in [0.2, 0.25) is 0 Å². The van der Waals surface area contributed by atoms with Gasteiger partial charge in [-0.3, -0.25) is 9.78 Å². The second-order valence-corrected chi connectivity index (χ2v) is 8.80. The van der Waals surface area contributed by atoms with Crippen LogP contribution in [0.3, 0.4) is 0 Å². The molecule has 2 rings (SSSR count). The molecule has 0 unspecified atom stereocenters. The highest BCUT2D eigenvalue weighted by molar-refractivity contribution is 5.89. The SMILES string of the molecule is Cc1ccc(C(=O)OOOC(=O)OCCCCCCCCCCOC(=O)OOOC(=O)c2ccc(C)cc2)cc1. The van der Waals surface area contributed by atoms with Crippen molar-refractivity contribution in [1.29, 1.82) is 0 Å². The van der Waals surface area contributed by atoms with Crippen LogP contribution in [-0.2, 0) is 39.1 Å². The van der Waals surface area contributed by atoms with Gasteiger partial charge in [-0.05, 0) is 51.0 Å². The van der Waals surface area contributed by atoms with E-state index in [-0.39, 0.29) is 24.3 Å². The van der Waals surface area contributed by atoms with Crippen molar-refractivity contribution in [3.05, 3.63) is 70.8 Å². The topological polar surface area (TPSA) is 142 Å². The predicted molar refractivity (Wildman–Crippen MR) is 137 cm³/mol. The Hall–Kier alpha value is -4.16. The van der Waals surface area contributed by atoms with E-state index in [0.717, 1.165) is 49.7 Å². The third kappa shape index (κ3) is 14.1. The molecule has 0 saturated heterocycles. The van der Waals surface area contributed by atoms with Crippen molar-refractivity contribution in [2.45, 2.75) is 65.2 Å². The molecule has 0 bridgehead atoms. The van der Waals surface area contributed by atoms with Crippen LogP contribution in [0.15, 0.2) is 48.5 Å². The summed E-state index contributed by atoms with van der Waals surface area (Å²) in [6.07, 6.45) is 4.76. The number of carbonyl (C=O) groups excluding carboxylic acids is 4. The molecule has 0 N–H and O–H groups in total. The van der Waals surface area contributed by atoms with Crippen LogP contribution in [0, 0.1) is 13.8 Å². The number of ether oxygens (including phenoxy) is 2. The second kappa shape index (κ2) is 19.0. The van der Waals surface area contributed by atoms with Crippen molar-refractivity contribution in [1.82, 2.24) is 0 Å². The molecular weight excluding hydrogens is 528 g/mol. The maximum Gasteiger partial charge on any atom is 0.543 e. The van der Waals surface area contributed by atoms with E-state index in [2.05, 4.69) is 29.6 Å². The summed E-state index contributed by atoms with van der Waals surface area (Å²) in [7, 11) is 0. The Labute approximate surface area is 232 Å². The first-order chi connectivity index (χ1) is 19.3. The van der Waals surface area contributed by atoms with Gasteiger partial charge in [-0.2, -0.15) is 0 Å². The molecule has 0 saturated carbocycles. The number of carbonyl (C=O) groups is 4. The smallest absolute Gasteiger partial charge is 0.432 e. The van der Waals surface area contributed by atoms with Crippen molar-refractivity contribution >= 4 is 24.2 Å². The Morgan fingerprint density at radius 3 is 1.15 bits per heavy atom. The van der Waals surface area contributed by atoms with E-state index in [9.17, 15) is 19.2 Å². The molecule has 0 amide bonds. The van der Waals surface area contributed by atoms with E-state index >= 15 is 0 Å². The van der Waals surface area contributed by atoms with Gasteiger partial charge < -0.3 is 9.47 Å². The molecule has 0 aliphatic carbocycles. The van der Waals surface area contributed by atoms with E-state index in [1.165, 1.54) is 0 Å². The average molecular weight is 563 g/mol. The van der Waals surface area contributed by atoms with E-state index in [1.54, 1.807) is 48.5 Å². The lowest BCUT2D eigenvalue weighted by molar-refractivity contribution is -0.452. The fraction of sp³-hybridized carbons (Fsp3) is 0.429. The summed E-state index contributed by atoms with van der Waals surface area (Å²) in [6.45, 7) is 4.05. The number of hydrogen-bond donors (Lipinski definition) is 0.